The van der Waals surface area contributed by atoms with Gasteiger partial charge in [-0.25, -0.2) is 4.79 Å². The fraction of sp³-hybridized carbons (Fsp3) is 0.250. The Morgan fingerprint density at radius 2 is 1.77 bits per heavy atom. The molecular weight excluding hydrogens is 282 g/mol. The average molecular weight is 299 g/mol. The maximum atomic E-state index is 11.8. The van der Waals surface area contributed by atoms with Crippen LogP contribution in [0.2, 0.25) is 0 Å². The number of hydrogen-bond acceptors (Lipinski definition) is 4. The summed E-state index contributed by atoms with van der Waals surface area (Å²) in [6, 6.07) is 10.1. The lowest BCUT2D eigenvalue weighted by molar-refractivity contribution is 0.0940. The highest BCUT2D eigenvalue weighted by Gasteiger charge is 2.14. The van der Waals surface area contributed by atoms with E-state index >= 15 is 0 Å². The molecule has 0 bridgehead atoms. The van der Waals surface area contributed by atoms with Gasteiger partial charge < -0.3 is 14.6 Å². The Balaban J connectivity index is 1.56. The molecule has 0 aliphatic carbocycles. The molecule has 114 valence electrons. The fourth-order valence-electron chi connectivity index (χ4n) is 2.47. The lowest BCUT2D eigenvalue weighted by atomic mass is 10.2. The SMILES string of the molecule is O=C(NC(=O)c1ccco1)Nc1ccc(N2CCCC2)cc1. The quantitative estimate of drug-likeness (QED) is 0.914. The summed E-state index contributed by atoms with van der Waals surface area (Å²) in [5.41, 5.74) is 1.78. The second kappa shape index (κ2) is 6.34. The third-order valence-corrected chi connectivity index (χ3v) is 3.57. The van der Waals surface area contributed by atoms with E-state index in [1.807, 2.05) is 24.3 Å². The van der Waals surface area contributed by atoms with Crippen LogP contribution in [0.15, 0.2) is 47.1 Å². The molecule has 0 saturated carbocycles. The number of nitrogens with one attached hydrogen (secondary N) is 2. The molecular formula is C16H17N3O3. The Kier molecular flexibility index (Phi) is 4.09. The summed E-state index contributed by atoms with van der Waals surface area (Å²) in [7, 11) is 0. The van der Waals surface area contributed by atoms with Gasteiger partial charge in [0, 0.05) is 24.5 Å². The summed E-state index contributed by atoms with van der Waals surface area (Å²) in [6.45, 7) is 2.15. The second-order valence-corrected chi connectivity index (χ2v) is 5.13. The Bertz CT molecular complexity index is 644. The zero-order chi connectivity index (χ0) is 15.4. The molecule has 22 heavy (non-hydrogen) atoms. The van der Waals surface area contributed by atoms with E-state index in [0.717, 1.165) is 18.8 Å². The highest BCUT2D eigenvalue weighted by Crippen LogP contribution is 2.21. The first kappa shape index (κ1) is 14.2. The van der Waals surface area contributed by atoms with Crippen molar-refractivity contribution in [3.8, 4) is 0 Å². The number of amides is 3. The van der Waals surface area contributed by atoms with Gasteiger partial charge in [0.05, 0.1) is 6.26 Å². The third-order valence-electron chi connectivity index (χ3n) is 3.57. The monoisotopic (exact) mass is 299 g/mol. The molecule has 2 heterocycles. The van der Waals surface area contributed by atoms with E-state index in [0.29, 0.717) is 5.69 Å². The molecule has 1 fully saturated rings. The van der Waals surface area contributed by atoms with Crippen LogP contribution in [0.4, 0.5) is 16.2 Å². The number of furan rings is 1. The number of carbonyl (C=O) groups is 2. The highest BCUT2D eigenvalue weighted by molar-refractivity contribution is 6.06. The summed E-state index contributed by atoms with van der Waals surface area (Å²) >= 11 is 0. The predicted molar refractivity (Wildman–Crippen MR) is 83.1 cm³/mol. The zero-order valence-corrected chi connectivity index (χ0v) is 12.0. The van der Waals surface area contributed by atoms with Gasteiger partial charge in [-0.15, -0.1) is 0 Å². The second-order valence-electron chi connectivity index (χ2n) is 5.13. The number of rotatable bonds is 3. The van der Waals surface area contributed by atoms with Crippen LogP contribution >= 0.6 is 0 Å². The largest absolute Gasteiger partial charge is 0.459 e. The molecule has 2 N–H and O–H groups in total. The minimum atomic E-state index is -0.588. The summed E-state index contributed by atoms with van der Waals surface area (Å²) in [5, 5.41) is 4.83. The molecule has 0 atom stereocenters. The molecule has 3 amide bonds. The van der Waals surface area contributed by atoms with Crippen molar-refractivity contribution < 1.29 is 14.0 Å². The highest BCUT2D eigenvalue weighted by atomic mass is 16.3. The van der Waals surface area contributed by atoms with Crippen LogP contribution in [0.3, 0.4) is 0 Å². The number of carbonyl (C=O) groups excluding carboxylic acids is 2. The van der Waals surface area contributed by atoms with Crippen LogP contribution in [0.5, 0.6) is 0 Å². The normalized spacial score (nSPS) is 13.9. The standard InChI is InChI=1S/C16H17N3O3/c20-15(14-4-3-11-22-14)18-16(21)17-12-5-7-13(8-6-12)19-9-1-2-10-19/h3-8,11H,1-2,9-10H2,(H2,17,18,20,21). The number of nitrogens with zero attached hydrogens (tertiary/aromatic N) is 1. The predicted octanol–water partition coefficient (Wildman–Crippen LogP) is 2.84. The van der Waals surface area contributed by atoms with Gasteiger partial charge in [-0.3, -0.25) is 10.1 Å². The number of urea groups is 1. The Labute approximate surface area is 128 Å². The van der Waals surface area contributed by atoms with Crippen LogP contribution in [0, 0.1) is 0 Å². The van der Waals surface area contributed by atoms with E-state index in [2.05, 4.69) is 15.5 Å². The van der Waals surface area contributed by atoms with Gasteiger partial charge in [-0.1, -0.05) is 0 Å². The topological polar surface area (TPSA) is 74.6 Å². The van der Waals surface area contributed by atoms with Gasteiger partial charge in [0.1, 0.15) is 0 Å². The zero-order valence-electron chi connectivity index (χ0n) is 12.0. The van der Waals surface area contributed by atoms with Crippen molar-refractivity contribution in [2.24, 2.45) is 0 Å². The lowest BCUT2D eigenvalue weighted by Crippen LogP contribution is -2.34. The van der Waals surface area contributed by atoms with E-state index in [9.17, 15) is 9.59 Å². The van der Waals surface area contributed by atoms with Gasteiger partial charge in [0.15, 0.2) is 5.76 Å². The van der Waals surface area contributed by atoms with Crippen molar-refractivity contribution >= 4 is 23.3 Å². The lowest BCUT2D eigenvalue weighted by Gasteiger charge is -2.17. The molecule has 3 rings (SSSR count). The van der Waals surface area contributed by atoms with Crippen molar-refractivity contribution in [3.05, 3.63) is 48.4 Å². The smallest absolute Gasteiger partial charge is 0.326 e. The van der Waals surface area contributed by atoms with E-state index in [-0.39, 0.29) is 5.76 Å². The average Bonchev–Trinajstić information content (AvgIpc) is 3.21. The van der Waals surface area contributed by atoms with E-state index < -0.39 is 11.9 Å². The molecule has 1 aliphatic rings. The molecule has 1 aliphatic heterocycles. The van der Waals surface area contributed by atoms with Crippen molar-refractivity contribution in [2.75, 3.05) is 23.3 Å². The molecule has 6 heteroatoms. The van der Waals surface area contributed by atoms with Gasteiger partial charge in [-0.2, -0.15) is 0 Å². The van der Waals surface area contributed by atoms with Crippen LogP contribution in [-0.2, 0) is 0 Å². The van der Waals surface area contributed by atoms with Crippen molar-refractivity contribution in [2.45, 2.75) is 12.8 Å². The van der Waals surface area contributed by atoms with E-state index in [4.69, 9.17) is 4.42 Å². The summed E-state index contributed by atoms with van der Waals surface area (Å²) < 4.78 is 4.92. The maximum absolute atomic E-state index is 11.8. The van der Waals surface area contributed by atoms with Crippen LogP contribution in [-0.4, -0.2) is 25.0 Å². The molecule has 1 aromatic heterocycles. The van der Waals surface area contributed by atoms with Crippen molar-refractivity contribution in [1.29, 1.82) is 0 Å². The van der Waals surface area contributed by atoms with Crippen molar-refractivity contribution in [3.63, 3.8) is 0 Å². The summed E-state index contributed by atoms with van der Waals surface area (Å²) in [5.74, 6) is -0.476. The van der Waals surface area contributed by atoms with Gasteiger partial charge in [0.2, 0.25) is 0 Å². The third kappa shape index (κ3) is 3.28. The van der Waals surface area contributed by atoms with E-state index in [1.54, 1.807) is 6.07 Å². The molecule has 0 unspecified atom stereocenters. The van der Waals surface area contributed by atoms with Crippen LogP contribution in [0.25, 0.3) is 0 Å². The Morgan fingerprint density at radius 3 is 2.41 bits per heavy atom. The number of benzene rings is 1. The minimum absolute atomic E-state index is 0.0968. The summed E-state index contributed by atoms with van der Waals surface area (Å²) in [6.07, 6.45) is 3.82. The first-order valence-corrected chi connectivity index (χ1v) is 7.23. The van der Waals surface area contributed by atoms with Crippen LogP contribution in [0.1, 0.15) is 23.4 Å². The molecule has 1 aromatic carbocycles. The van der Waals surface area contributed by atoms with Gasteiger partial charge >= 0.3 is 6.03 Å². The Morgan fingerprint density at radius 1 is 1.05 bits per heavy atom. The molecule has 6 nitrogen and oxygen atoms in total. The molecule has 2 aromatic rings. The molecule has 0 spiro atoms. The first-order chi connectivity index (χ1) is 10.7. The fourth-order valence-corrected chi connectivity index (χ4v) is 2.47. The molecule has 1 saturated heterocycles. The maximum Gasteiger partial charge on any atom is 0.326 e. The van der Waals surface area contributed by atoms with Gasteiger partial charge in [-0.05, 0) is 49.2 Å². The number of imide groups is 1. The minimum Gasteiger partial charge on any atom is -0.459 e. The van der Waals surface area contributed by atoms with E-state index in [1.165, 1.54) is 25.2 Å². The van der Waals surface area contributed by atoms with Crippen LogP contribution < -0.4 is 15.5 Å². The molecule has 0 radical (unpaired) electrons. The van der Waals surface area contributed by atoms with Crippen molar-refractivity contribution in [1.82, 2.24) is 5.32 Å². The first-order valence-electron chi connectivity index (χ1n) is 7.23. The number of hydrogen-bond donors (Lipinski definition) is 2. The Hall–Kier alpha value is -2.76. The van der Waals surface area contributed by atoms with Gasteiger partial charge in [0.25, 0.3) is 5.91 Å². The summed E-state index contributed by atoms with van der Waals surface area (Å²) in [4.78, 5) is 25.7. The number of anilines is 2.